The van der Waals surface area contributed by atoms with Crippen LogP contribution in [0.5, 0.6) is 0 Å². The Hall–Kier alpha value is -0.910. The molecule has 0 aromatic heterocycles. The lowest BCUT2D eigenvalue weighted by Gasteiger charge is -2.16. The van der Waals surface area contributed by atoms with Crippen LogP contribution in [0.25, 0.3) is 0 Å². The Balaban J connectivity index is 0.00000280. The van der Waals surface area contributed by atoms with E-state index in [0.717, 1.165) is 56.9 Å². The molecule has 2 heterocycles. The second kappa shape index (κ2) is 11.3. The Morgan fingerprint density at radius 1 is 1.18 bits per heavy atom. The molecule has 0 saturated carbocycles. The number of rotatable bonds is 7. The van der Waals surface area contributed by atoms with E-state index in [2.05, 4.69) is 15.6 Å². The number of benzene rings is 1. The van der Waals surface area contributed by atoms with E-state index in [-0.39, 0.29) is 30.1 Å². The van der Waals surface area contributed by atoms with Gasteiger partial charge in [-0.05, 0) is 50.3 Å². The third kappa shape index (κ3) is 6.30. The molecule has 2 N–H and O–H groups in total. The summed E-state index contributed by atoms with van der Waals surface area (Å²) in [6.07, 6.45) is 4.34. The predicted octanol–water partition coefficient (Wildman–Crippen LogP) is 2.32. The van der Waals surface area contributed by atoms with Crippen LogP contribution in [0.15, 0.2) is 34.2 Å². The van der Waals surface area contributed by atoms with Gasteiger partial charge in [0.25, 0.3) is 0 Å². The van der Waals surface area contributed by atoms with E-state index < -0.39 is 10.0 Å². The lowest BCUT2D eigenvalue weighted by atomic mass is 10.2. The molecule has 2 fully saturated rings. The minimum atomic E-state index is -3.35. The van der Waals surface area contributed by atoms with Crippen LogP contribution in [-0.4, -0.2) is 57.6 Å². The average molecular weight is 522 g/mol. The Bertz CT molecular complexity index is 728. The molecule has 0 spiro atoms. The third-order valence-electron chi connectivity index (χ3n) is 4.91. The maximum Gasteiger partial charge on any atom is 0.243 e. The van der Waals surface area contributed by atoms with Crippen molar-refractivity contribution in [3.63, 3.8) is 0 Å². The summed E-state index contributed by atoms with van der Waals surface area (Å²) in [5.74, 6) is 0.752. The fraction of sp³-hybridized carbons (Fsp3) is 0.632. The Morgan fingerprint density at radius 2 is 1.89 bits per heavy atom. The molecule has 158 valence electrons. The topological polar surface area (TPSA) is 83.0 Å². The van der Waals surface area contributed by atoms with Gasteiger partial charge < -0.3 is 15.4 Å². The van der Waals surface area contributed by atoms with Crippen LogP contribution in [0.1, 0.15) is 38.2 Å². The normalized spacial score (nSPS) is 20.8. The Labute approximate surface area is 185 Å². The molecule has 1 aromatic rings. The molecule has 9 heteroatoms. The fourth-order valence-electron chi connectivity index (χ4n) is 3.37. The Kier molecular flexibility index (Phi) is 9.45. The molecule has 1 aromatic carbocycles. The molecule has 0 aliphatic carbocycles. The number of nitrogens with zero attached hydrogens (tertiary/aromatic N) is 2. The SMILES string of the molecule is CCNC(=NCc1ccc(S(=O)(=O)N2CCCC2)cc1)NCC1CCCO1.I. The monoisotopic (exact) mass is 522 g/mol. The van der Waals surface area contributed by atoms with E-state index in [4.69, 9.17) is 4.74 Å². The van der Waals surface area contributed by atoms with Gasteiger partial charge in [-0.3, -0.25) is 0 Å². The zero-order valence-electron chi connectivity index (χ0n) is 16.4. The van der Waals surface area contributed by atoms with Gasteiger partial charge in [-0.25, -0.2) is 13.4 Å². The van der Waals surface area contributed by atoms with Crippen LogP contribution in [0, 0.1) is 0 Å². The second-order valence-electron chi connectivity index (χ2n) is 6.97. The summed E-state index contributed by atoms with van der Waals surface area (Å²) in [5, 5.41) is 6.55. The quantitative estimate of drug-likeness (QED) is 0.327. The minimum Gasteiger partial charge on any atom is -0.376 e. The van der Waals surface area contributed by atoms with Crippen LogP contribution < -0.4 is 10.6 Å². The van der Waals surface area contributed by atoms with E-state index in [0.29, 0.717) is 24.5 Å². The number of hydrogen-bond acceptors (Lipinski definition) is 4. The predicted molar refractivity (Wildman–Crippen MR) is 122 cm³/mol. The molecule has 0 radical (unpaired) electrons. The van der Waals surface area contributed by atoms with Crippen LogP contribution >= 0.6 is 24.0 Å². The van der Waals surface area contributed by atoms with Gasteiger partial charge in [-0.2, -0.15) is 4.31 Å². The summed E-state index contributed by atoms with van der Waals surface area (Å²) < 4.78 is 32.3. The highest BCUT2D eigenvalue weighted by molar-refractivity contribution is 14.0. The van der Waals surface area contributed by atoms with Crippen LogP contribution in [0.3, 0.4) is 0 Å². The van der Waals surface area contributed by atoms with Gasteiger partial charge in [0.15, 0.2) is 5.96 Å². The molecule has 0 amide bonds. The highest BCUT2D eigenvalue weighted by Gasteiger charge is 2.26. The first kappa shape index (κ1) is 23.4. The van der Waals surface area contributed by atoms with Gasteiger partial charge >= 0.3 is 0 Å². The van der Waals surface area contributed by atoms with Crippen molar-refractivity contribution in [1.82, 2.24) is 14.9 Å². The van der Waals surface area contributed by atoms with E-state index in [9.17, 15) is 8.42 Å². The minimum absolute atomic E-state index is 0. The maximum atomic E-state index is 12.6. The lowest BCUT2D eigenvalue weighted by Crippen LogP contribution is -2.41. The summed E-state index contributed by atoms with van der Waals surface area (Å²) in [7, 11) is -3.35. The van der Waals surface area contributed by atoms with Crippen molar-refractivity contribution in [2.24, 2.45) is 4.99 Å². The molecule has 3 rings (SSSR count). The third-order valence-corrected chi connectivity index (χ3v) is 6.82. The molecule has 7 nitrogen and oxygen atoms in total. The first-order valence-corrected chi connectivity index (χ1v) is 11.3. The van der Waals surface area contributed by atoms with Gasteiger partial charge in [0, 0.05) is 32.8 Å². The molecule has 2 saturated heterocycles. The number of nitrogens with one attached hydrogen (secondary N) is 2. The smallest absolute Gasteiger partial charge is 0.243 e. The first-order valence-electron chi connectivity index (χ1n) is 9.82. The van der Waals surface area contributed by atoms with E-state index in [1.165, 1.54) is 0 Å². The van der Waals surface area contributed by atoms with Gasteiger partial charge in [0.1, 0.15) is 0 Å². The fourth-order valence-corrected chi connectivity index (χ4v) is 4.89. The van der Waals surface area contributed by atoms with E-state index in [1.807, 2.05) is 19.1 Å². The standard InChI is InChI=1S/C19H30N4O3S.HI/c1-2-20-19(22-15-17-6-5-13-26-17)21-14-16-7-9-18(10-8-16)27(24,25)23-11-3-4-12-23;/h7-10,17H,2-6,11-15H2,1H3,(H2,20,21,22);1H. The summed E-state index contributed by atoms with van der Waals surface area (Å²) in [6, 6.07) is 7.06. The molecule has 2 aliphatic rings. The summed E-state index contributed by atoms with van der Waals surface area (Å²) in [4.78, 5) is 4.95. The molecule has 28 heavy (non-hydrogen) atoms. The van der Waals surface area contributed by atoms with Crippen LogP contribution in [0.2, 0.25) is 0 Å². The van der Waals surface area contributed by atoms with Crippen molar-refractivity contribution in [2.75, 3.05) is 32.8 Å². The number of sulfonamides is 1. The van der Waals surface area contributed by atoms with E-state index in [1.54, 1.807) is 16.4 Å². The number of aliphatic imine (C=N–C) groups is 1. The van der Waals surface area contributed by atoms with Gasteiger partial charge in [0.05, 0.1) is 17.5 Å². The maximum absolute atomic E-state index is 12.6. The van der Waals surface area contributed by atoms with Crippen molar-refractivity contribution in [3.05, 3.63) is 29.8 Å². The summed E-state index contributed by atoms with van der Waals surface area (Å²) in [5.41, 5.74) is 0.977. The zero-order valence-corrected chi connectivity index (χ0v) is 19.5. The average Bonchev–Trinajstić information content (AvgIpc) is 3.38. The molecule has 1 atom stereocenters. The molecule has 1 unspecified atom stereocenters. The lowest BCUT2D eigenvalue weighted by molar-refractivity contribution is 0.114. The van der Waals surface area contributed by atoms with Crippen molar-refractivity contribution in [3.8, 4) is 0 Å². The molecular weight excluding hydrogens is 491 g/mol. The van der Waals surface area contributed by atoms with Gasteiger partial charge in [-0.1, -0.05) is 12.1 Å². The highest BCUT2D eigenvalue weighted by atomic mass is 127. The van der Waals surface area contributed by atoms with Crippen molar-refractivity contribution in [2.45, 2.75) is 50.2 Å². The molecule has 0 bridgehead atoms. The van der Waals surface area contributed by atoms with Crippen LogP contribution in [-0.2, 0) is 21.3 Å². The van der Waals surface area contributed by atoms with Crippen molar-refractivity contribution >= 4 is 40.0 Å². The number of halogens is 1. The highest BCUT2D eigenvalue weighted by Crippen LogP contribution is 2.21. The summed E-state index contributed by atoms with van der Waals surface area (Å²) in [6.45, 7) is 6.13. The van der Waals surface area contributed by atoms with Crippen molar-refractivity contribution in [1.29, 1.82) is 0 Å². The number of hydrogen-bond donors (Lipinski definition) is 2. The van der Waals surface area contributed by atoms with E-state index >= 15 is 0 Å². The van der Waals surface area contributed by atoms with Crippen LogP contribution in [0.4, 0.5) is 0 Å². The zero-order chi connectivity index (χ0) is 19.1. The van der Waals surface area contributed by atoms with Gasteiger partial charge in [-0.15, -0.1) is 24.0 Å². The molecular formula is C19H31IN4O3S. The second-order valence-corrected chi connectivity index (χ2v) is 8.90. The molecule has 2 aliphatic heterocycles. The summed E-state index contributed by atoms with van der Waals surface area (Å²) >= 11 is 0. The van der Waals surface area contributed by atoms with Gasteiger partial charge in [0.2, 0.25) is 10.0 Å². The number of ether oxygens (including phenoxy) is 1. The van der Waals surface area contributed by atoms with Crippen molar-refractivity contribution < 1.29 is 13.2 Å². The number of guanidine groups is 1. The first-order chi connectivity index (χ1) is 13.1. The Morgan fingerprint density at radius 3 is 2.50 bits per heavy atom. The largest absolute Gasteiger partial charge is 0.376 e.